The predicted octanol–water partition coefficient (Wildman–Crippen LogP) is 4.17. The number of phenolic OH excluding ortho intramolecular Hbond substituents is 2. The van der Waals surface area contributed by atoms with Gasteiger partial charge < -0.3 is 30.6 Å². The highest BCUT2D eigenvalue weighted by Gasteiger charge is 2.33. The van der Waals surface area contributed by atoms with Gasteiger partial charge in [0.25, 0.3) is 0 Å². The van der Waals surface area contributed by atoms with Crippen LogP contribution in [0.5, 0.6) is 11.5 Å². The van der Waals surface area contributed by atoms with E-state index in [-0.39, 0.29) is 11.1 Å². The fourth-order valence-corrected chi connectivity index (χ4v) is 4.39. The highest BCUT2D eigenvalue weighted by atomic mass is 16.3. The van der Waals surface area contributed by atoms with E-state index in [1.54, 1.807) is 0 Å². The Labute approximate surface area is 185 Å². The zero-order chi connectivity index (χ0) is 22.6. The van der Waals surface area contributed by atoms with Gasteiger partial charge in [0, 0.05) is 70.9 Å². The first-order chi connectivity index (χ1) is 14.4. The van der Waals surface area contributed by atoms with Gasteiger partial charge in [-0.1, -0.05) is 0 Å². The highest BCUT2D eigenvalue weighted by Crippen LogP contribution is 2.43. The molecule has 0 spiro atoms. The summed E-state index contributed by atoms with van der Waals surface area (Å²) in [6, 6.07) is 7.69. The summed E-state index contributed by atoms with van der Waals surface area (Å²) in [5, 5.41) is 28.3. The summed E-state index contributed by atoms with van der Waals surface area (Å²) in [5.74, 6) is 0.692. The first-order valence-corrected chi connectivity index (χ1v) is 11.1. The lowest BCUT2D eigenvalue weighted by Crippen LogP contribution is -2.47. The molecule has 4 rings (SSSR count). The topological polar surface area (TPSA) is 71.0 Å². The third kappa shape index (κ3) is 4.46. The van der Waals surface area contributed by atoms with E-state index in [2.05, 4.69) is 62.0 Å². The molecule has 6 nitrogen and oxygen atoms in total. The van der Waals surface area contributed by atoms with Crippen LogP contribution < -0.4 is 20.4 Å². The summed E-state index contributed by atoms with van der Waals surface area (Å²) in [5.41, 5.74) is 6.58. The predicted molar refractivity (Wildman–Crippen MR) is 127 cm³/mol. The van der Waals surface area contributed by atoms with Crippen LogP contribution in [0.25, 0.3) is 0 Å². The number of phenols is 2. The van der Waals surface area contributed by atoms with Crippen LogP contribution in [0.4, 0.5) is 11.4 Å². The number of anilines is 2. The van der Waals surface area contributed by atoms with Crippen LogP contribution in [-0.4, -0.2) is 28.0 Å². The lowest BCUT2D eigenvalue weighted by atomic mass is 9.94. The molecule has 0 radical (unpaired) electrons. The molecule has 2 bridgehead atoms. The molecule has 0 aliphatic carbocycles. The molecule has 0 aromatic heterocycles. The van der Waals surface area contributed by atoms with Crippen molar-refractivity contribution >= 4 is 11.4 Å². The smallest absolute Gasteiger partial charge is 0.120 e. The Morgan fingerprint density at radius 3 is 1.45 bits per heavy atom. The van der Waals surface area contributed by atoms with E-state index >= 15 is 0 Å². The Balaban J connectivity index is 1.70. The molecular weight excluding hydrogens is 388 g/mol. The molecule has 6 heteroatoms. The van der Waals surface area contributed by atoms with Crippen molar-refractivity contribution in [3.05, 3.63) is 46.5 Å². The summed E-state index contributed by atoms with van der Waals surface area (Å²) in [6.07, 6.45) is 0. The monoisotopic (exact) mass is 424 g/mol. The Kier molecular flexibility index (Phi) is 5.34. The molecule has 0 saturated heterocycles. The summed E-state index contributed by atoms with van der Waals surface area (Å²) in [6.45, 7) is 16.4. The molecule has 2 aromatic carbocycles. The standard InChI is InChI=1S/C25H36N4O2/c1-24(2,3)26-11-16-18-13-28-15-29(20(18)7-9-22(16)30)14-19-17(12-27-25(4,5)6)23(31)10-8-21(19)28/h7-10,26-27,30-31H,11-15H2,1-6H3. The minimum atomic E-state index is -0.0284. The minimum absolute atomic E-state index is 0.0284. The first kappa shape index (κ1) is 21.8. The zero-order valence-electron chi connectivity index (χ0n) is 19.6. The normalized spacial score (nSPS) is 15.7. The number of hydrogen-bond donors (Lipinski definition) is 4. The van der Waals surface area contributed by atoms with Gasteiger partial charge in [-0.3, -0.25) is 0 Å². The number of rotatable bonds is 4. The fraction of sp³-hybridized carbons (Fsp3) is 0.520. The van der Waals surface area contributed by atoms with Crippen LogP contribution in [0.15, 0.2) is 24.3 Å². The number of hydrogen-bond acceptors (Lipinski definition) is 6. The minimum Gasteiger partial charge on any atom is -0.508 e. The van der Waals surface area contributed by atoms with Gasteiger partial charge in [-0.05, 0) is 65.8 Å². The van der Waals surface area contributed by atoms with Crippen LogP contribution in [-0.2, 0) is 26.2 Å². The van der Waals surface area contributed by atoms with Crippen LogP contribution in [0.1, 0.15) is 63.8 Å². The molecule has 2 aliphatic heterocycles. The quantitative estimate of drug-likeness (QED) is 0.591. The molecule has 168 valence electrons. The van der Waals surface area contributed by atoms with E-state index in [0.29, 0.717) is 24.6 Å². The summed E-state index contributed by atoms with van der Waals surface area (Å²) < 4.78 is 0. The van der Waals surface area contributed by atoms with Gasteiger partial charge in [0.1, 0.15) is 11.5 Å². The zero-order valence-corrected chi connectivity index (χ0v) is 19.6. The van der Waals surface area contributed by atoms with Crippen molar-refractivity contribution in [2.75, 3.05) is 16.5 Å². The van der Waals surface area contributed by atoms with Gasteiger partial charge in [0.15, 0.2) is 0 Å². The maximum Gasteiger partial charge on any atom is 0.120 e. The van der Waals surface area contributed by atoms with E-state index in [1.165, 1.54) is 22.5 Å². The van der Waals surface area contributed by atoms with E-state index in [9.17, 15) is 10.2 Å². The first-order valence-electron chi connectivity index (χ1n) is 11.1. The molecule has 4 N–H and O–H groups in total. The van der Waals surface area contributed by atoms with Crippen LogP contribution in [0.2, 0.25) is 0 Å². The molecule has 0 atom stereocenters. The van der Waals surface area contributed by atoms with Gasteiger partial charge in [0.2, 0.25) is 0 Å². The van der Waals surface area contributed by atoms with Crippen molar-refractivity contribution in [2.45, 2.75) is 78.8 Å². The van der Waals surface area contributed by atoms with Crippen LogP contribution in [0.3, 0.4) is 0 Å². The maximum absolute atomic E-state index is 10.6. The van der Waals surface area contributed by atoms with E-state index in [4.69, 9.17) is 0 Å². The van der Waals surface area contributed by atoms with Crippen LogP contribution in [0, 0.1) is 0 Å². The number of nitrogens with zero attached hydrogens (tertiary/aromatic N) is 2. The van der Waals surface area contributed by atoms with Gasteiger partial charge in [-0.25, -0.2) is 0 Å². The molecule has 0 unspecified atom stereocenters. The van der Waals surface area contributed by atoms with Crippen molar-refractivity contribution < 1.29 is 10.2 Å². The second kappa shape index (κ2) is 7.61. The SMILES string of the molecule is CC(C)(C)NCc1c(O)ccc2c1CN1CN2Cc2c1ccc(O)c2CNC(C)(C)C. The fourth-order valence-electron chi connectivity index (χ4n) is 4.39. The van der Waals surface area contributed by atoms with E-state index in [1.807, 2.05) is 24.3 Å². The van der Waals surface area contributed by atoms with Gasteiger partial charge in [0.05, 0.1) is 6.67 Å². The molecule has 0 saturated carbocycles. The van der Waals surface area contributed by atoms with Crippen LogP contribution >= 0.6 is 0 Å². The lowest BCUT2D eigenvalue weighted by molar-refractivity contribution is 0.409. The van der Waals surface area contributed by atoms with Crippen molar-refractivity contribution in [3.63, 3.8) is 0 Å². The number of fused-ring (bicyclic) bond motifs is 6. The third-order valence-corrected chi connectivity index (χ3v) is 6.08. The Morgan fingerprint density at radius 1 is 0.710 bits per heavy atom. The van der Waals surface area contributed by atoms with Gasteiger partial charge in [-0.2, -0.15) is 0 Å². The van der Waals surface area contributed by atoms with Gasteiger partial charge in [-0.15, -0.1) is 0 Å². The summed E-state index contributed by atoms with van der Waals surface area (Å²) in [7, 11) is 0. The molecule has 2 aliphatic rings. The van der Waals surface area contributed by atoms with Crippen molar-refractivity contribution in [1.29, 1.82) is 0 Å². The van der Waals surface area contributed by atoms with Gasteiger partial charge >= 0.3 is 0 Å². The highest BCUT2D eigenvalue weighted by molar-refractivity contribution is 5.72. The largest absolute Gasteiger partial charge is 0.508 e. The van der Waals surface area contributed by atoms with Crippen molar-refractivity contribution in [3.8, 4) is 11.5 Å². The number of aromatic hydroxyl groups is 2. The number of nitrogens with one attached hydrogen (secondary N) is 2. The second-order valence-corrected chi connectivity index (χ2v) is 10.9. The summed E-state index contributed by atoms with van der Waals surface area (Å²) in [4.78, 5) is 4.70. The summed E-state index contributed by atoms with van der Waals surface area (Å²) >= 11 is 0. The molecule has 31 heavy (non-hydrogen) atoms. The molecule has 0 amide bonds. The average molecular weight is 425 g/mol. The molecular formula is C25H36N4O2. The molecule has 2 heterocycles. The average Bonchev–Trinajstić information content (AvgIpc) is 2.65. The lowest BCUT2D eigenvalue weighted by Gasteiger charge is -2.46. The molecule has 2 aromatic rings. The second-order valence-electron chi connectivity index (χ2n) is 10.9. The maximum atomic E-state index is 10.6. The Hall–Kier alpha value is -2.44. The Morgan fingerprint density at radius 2 is 1.10 bits per heavy atom. The van der Waals surface area contributed by atoms with Crippen molar-refractivity contribution in [1.82, 2.24) is 10.6 Å². The van der Waals surface area contributed by atoms with E-state index < -0.39 is 0 Å². The number of benzene rings is 2. The van der Waals surface area contributed by atoms with Crippen molar-refractivity contribution in [2.24, 2.45) is 0 Å². The third-order valence-electron chi connectivity index (χ3n) is 6.08. The van der Waals surface area contributed by atoms with E-state index in [0.717, 1.165) is 30.9 Å². The Bertz CT molecular complexity index is 909. The molecule has 0 fully saturated rings.